The Morgan fingerprint density at radius 1 is 1.12 bits per heavy atom. The SMILES string of the molecule is CCCN(CC(=O)Nc1ccccc1OC)C(=O)c1ccc(C)cc1C. The highest BCUT2D eigenvalue weighted by Crippen LogP contribution is 2.23. The number of para-hydroxylation sites is 2. The number of methoxy groups -OCH3 is 1. The van der Waals surface area contributed by atoms with E-state index in [0.29, 0.717) is 23.5 Å². The molecule has 0 saturated heterocycles. The summed E-state index contributed by atoms with van der Waals surface area (Å²) in [6.45, 7) is 6.41. The number of rotatable bonds is 7. The Bertz CT molecular complexity index is 787. The van der Waals surface area contributed by atoms with Crippen LogP contribution >= 0.6 is 0 Å². The molecular weight excluding hydrogens is 328 g/mol. The maximum atomic E-state index is 12.9. The van der Waals surface area contributed by atoms with Crippen LogP contribution in [0.25, 0.3) is 0 Å². The molecule has 2 rings (SSSR count). The lowest BCUT2D eigenvalue weighted by atomic mass is 10.0. The zero-order chi connectivity index (χ0) is 19.1. The molecule has 0 saturated carbocycles. The van der Waals surface area contributed by atoms with Crippen LogP contribution in [0.15, 0.2) is 42.5 Å². The number of nitrogens with one attached hydrogen (secondary N) is 1. The number of ether oxygens (including phenoxy) is 1. The number of benzene rings is 2. The fraction of sp³-hybridized carbons (Fsp3) is 0.333. The van der Waals surface area contributed by atoms with Gasteiger partial charge in [-0.15, -0.1) is 0 Å². The first kappa shape index (κ1) is 19.5. The first-order chi connectivity index (χ1) is 12.5. The Labute approximate surface area is 155 Å². The summed E-state index contributed by atoms with van der Waals surface area (Å²) in [7, 11) is 1.55. The molecule has 0 spiro atoms. The average Bonchev–Trinajstić information content (AvgIpc) is 2.61. The van der Waals surface area contributed by atoms with Crippen LogP contribution in [0.2, 0.25) is 0 Å². The van der Waals surface area contributed by atoms with Crippen molar-refractivity contribution < 1.29 is 14.3 Å². The molecular formula is C21H26N2O3. The minimum absolute atomic E-state index is 0.00195. The second kappa shape index (κ2) is 9.04. The lowest BCUT2D eigenvalue weighted by Crippen LogP contribution is -2.38. The zero-order valence-corrected chi connectivity index (χ0v) is 15.8. The minimum Gasteiger partial charge on any atom is -0.495 e. The van der Waals surface area contributed by atoms with Gasteiger partial charge in [0.2, 0.25) is 5.91 Å². The number of carbonyl (C=O) groups is 2. The molecule has 0 bridgehead atoms. The standard InChI is InChI=1S/C21H26N2O3/c1-5-12-23(21(25)17-11-10-15(2)13-16(17)3)14-20(24)22-18-8-6-7-9-19(18)26-4/h6-11,13H,5,12,14H2,1-4H3,(H,22,24). The third-order valence-electron chi connectivity index (χ3n) is 4.11. The fourth-order valence-electron chi connectivity index (χ4n) is 2.86. The predicted octanol–water partition coefficient (Wildman–Crippen LogP) is 3.80. The minimum atomic E-state index is -0.249. The van der Waals surface area contributed by atoms with Crippen LogP contribution in [0.4, 0.5) is 5.69 Å². The molecule has 1 N–H and O–H groups in total. The van der Waals surface area contributed by atoms with E-state index >= 15 is 0 Å². The summed E-state index contributed by atoms with van der Waals surface area (Å²) in [6.07, 6.45) is 0.776. The molecule has 26 heavy (non-hydrogen) atoms. The van der Waals surface area contributed by atoms with E-state index < -0.39 is 0 Å². The monoisotopic (exact) mass is 354 g/mol. The van der Waals surface area contributed by atoms with Crippen LogP contribution in [0.3, 0.4) is 0 Å². The zero-order valence-electron chi connectivity index (χ0n) is 15.8. The van der Waals surface area contributed by atoms with Crippen molar-refractivity contribution >= 4 is 17.5 Å². The normalized spacial score (nSPS) is 10.3. The molecule has 0 radical (unpaired) electrons. The molecule has 0 atom stereocenters. The van der Waals surface area contributed by atoms with Crippen molar-refractivity contribution in [2.45, 2.75) is 27.2 Å². The van der Waals surface area contributed by atoms with Gasteiger partial charge in [0.05, 0.1) is 12.8 Å². The first-order valence-corrected chi connectivity index (χ1v) is 8.75. The summed E-state index contributed by atoms with van der Waals surface area (Å²) in [5.41, 5.74) is 3.25. The van der Waals surface area contributed by atoms with Crippen LogP contribution < -0.4 is 10.1 Å². The molecule has 2 aromatic rings. The largest absolute Gasteiger partial charge is 0.495 e. The molecule has 0 aliphatic heterocycles. The van der Waals surface area contributed by atoms with E-state index in [1.807, 2.05) is 51.1 Å². The summed E-state index contributed by atoms with van der Waals surface area (Å²) in [4.78, 5) is 27.0. The third-order valence-corrected chi connectivity index (χ3v) is 4.11. The lowest BCUT2D eigenvalue weighted by Gasteiger charge is -2.23. The molecule has 5 nitrogen and oxygen atoms in total. The summed E-state index contributed by atoms with van der Waals surface area (Å²) in [5, 5.41) is 2.82. The van der Waals surface area contributed by atoms with Gasteiger partial charge in [-0.05, 0) is 44.0 Å². The Morgan fingerprint density at radius 3 is 2.50 bits per heavy atom. The number of anilines is 1. The molecule has 2 amide bonds. The quantitative estimate of drug-likeness (QED) is 0.823. The van der Waals surface area contributed by atoms with Gasteiger partial charge in [0, 0.05) is 12.1 Å². The maximum absolute atomic E-state index is 12.9. The second-order valence-electron chi connectivity index (χ2n) is 6.29. The van der Waals surface area contributed by atoms with Gasteiger partial charge < -0.3 is 15.0 Å². The maximum Gasteiger partial charge on any atom is 0.254 e. The van der Waals surface area contributed by atoms with Gasteiger partial charge >= 0.3 is 0 Å². The highest BCUT2D eigenvalue weighted by Gasteiger charge is 2.20. The van der Waals surface area contributed by atoms with E-state index in [-0.39, 0.29) is 18.4 Å². The van der Waals surface area contributed by atoms with Crippen LogP contribution in [-0.4, -0.2) is 36.9 Å². The lowest BCUT2D eigenvalue weighted by molar-refractivity contribution is -0.116. The second-order valence-corrected chi connectivity index (χ2v) is 6.29. The first-order valence-electron chi connectivity index (χ1n) is 8.75. The van der Waals surface area contributed by atoms with E-state index in [2.05, 4.69) is 5.32 Å². The Kier molecular flexibility index (Phi) is 6.78. The van der Waals surface area contributed by atoms with Gasteiger partial charge in [-0.1, -0.05) is 36.8 Å². The van der Waals surface area contributed by atoms with Crippen molar-refractivity contribution in [2.24, 2.45) is 0 Å². The Balaban J connectivity index is 2.14. The topological polar surface area (TPSA) is 58.6 Å². The summed E-state index contributed by atoms with van der Waals surface area (Å²) in [6, 6.07) is 12.9. The Hall–Kier alpha value is -2.82. The summed E-state index contributed by atoms with van der Waals surface area (Å²) >= 11 is 0. The van der Waals surface area contributed by atoms with E-state index in [4.69, 9.17) is 4.74 Å². The summed E-state index contributed by atoms with van der Waals surface area (Å²) in [5.74, 6) is 0.212. The van der Waals surface area contributed by atoms with Gasteiger partial charge in [-0.25, -0.2) is 0 Å². The number of hydrogen-bond acceptors (Lipinski definition) is 3. The number of nitrogens with zero attached hydrogens (tertiary/aromatic N) is 1. The molecule has 0 aliphatic carbocycles. The predicted molar refractivity (Wildman–Crippen MR) is 104 cm³/mol. The van der Waals surface area contributed by atoms with Crippen molar-refractivity contribution in [3.63, 3.8) is 0 Å². The van der Waals surface area contributed by atoms with Crippen molar-refractivity contribution in [1.29, 1.82) is 0 Å². The molecule has 0 heterocycles. The van der Waals surface area contributed by atoms with Gasteiger partial charge in [0.25, 0.3) is 5.91 Å². The average molecular weight is 354 g/mol. The van der Waals surface area contributed by atoms with Crippen LogP contribution in [0.5, 0.6) is 5.75 Å². The number of amides is 2. The van der Waals surface area contributed by atoms with E-state index in [0.717, 1.165) is 17.5 Å². The molecule has 2 aromatic carbocycles. The van der Waals surface area contributed by atoms with E-state index in [1.54, 1.807) is 24.1 Å². The molecule has 138 valence electrons. The smallest absolute Gasteiger partial charge is 0.254 e. The number of carbonyl (C=O) groups excluding carboxylic acids is 2. The van der Waals surface area contributed by atoms with Gasteiger partial charge in [-0.2, -0.15) is 0 Å². The summed E-state index contributed by atoms with van der Waals surface area (Å²) < 4.78 is 5.25. The van der Waals surface area contributed by atoms with Gasteiger partial charge in [0.15, 0.2) is 0 Å². The van der Waals surface area contributed by atoms with E-state index in [1.165, 1.54) is 0 Å². The fourth-order valence-corrected chi connectivity index (χ4v) is 2.86. The van der Waals surface area contributed by atoms with Crippen LogP contribution in [-0.2, 0) is 4.79 Å². The molecule has 0 fully saturated rings. The molecule has 0 aromatic heterocycles. The molecule has 0 unspecified atom stereocenters. The van der Waals surface area contributed by atoms with Gasteiger partial charge in [0.1, 0.15) is 12.3 Å². The number of hydrogen-bond donors (Lipinski definition) is 1. The molecule has 0 aliphatic rings. The van der Waals surface area contributed by atoms with Crippen LogP contribution in [0, 0.1) is 13.8 Å². The van der Waals surface area contributed by atoms with Crippen molar-refractivity contribution in [3.8, 4) is 5.75 Å². The highest BCUT2D eigenvalue weighted by atomic mass is 16.5. The third kappa shape index (κ3) is 4.85. The number of aryl methyl sites for hydroxylation is 2. The van der Waals surface area contributed by atoms with Crippen molar-refractivity contribution in [3.05, 3.63) is 59.2 Å². The van der Waals surface area contributed by atoms with Gasteiger partial charge in [-0.3, -0.25) is 9.59 Å². The van der Waals surface area contributed by atoms with Crippen molar-refractivity contribution in [1.82, 2.24) is 4.90 Å². The van der Waals surface area contributed by atoms with Crippen molar-refractivity contribution in [2.75, 3.05) is 25.5 Å². The highest BCUT2D eigenvalue weighted by molar-refractivity contribution is 6.00. The van der Waals surface area contributed by atoms with E-state index in [9.17, 15) is 9.59 Å². The van der Waals surface area contributed by atoms with Crippen LogP contribution in [0.1, 0.15) is 34.8 Å². The Morgan fingerprint density at radius 2 is 1.85 bits per heavy atom. The molecule has 5 heteroatoms.